The van der Waals surface area contributed by atoms with E-state index in [1.807, 2.05) is 43.7 Å². The van der Waals surface area contributed by atoms with Gasteiger partial charge in [0.15, 0.2) is 0 Å². The molecule has 0 fully saturated rings. The van der Waals surface area contributed by atoms with Crippen molar-refractivity contribution in [1.29, 1.82) is 0 Å². The normalized spacial score (nSPS) is 11.2. The van der Waals surface area contributed by atoms with Crippen molar-refractivity contribution in [1.82, 2.24) is 14.7 Å². The Kier molecular flexibility index (Phi) is 4.25. The van der Waals surface area contributed by atoms with E-state index in [2.05, 4.69) is 10.00 Å². The molecule has 2 heterocycles. The summed E-state index contributed by atoms with van der Waals surface area (Å²) in [7, 11) is 1.92. The van der Waals surface area contributed by atoms with Gasteiger partial charge in [-0.15, -0.1) is 0 Å². The minimum Gasteiger partial charge on any atom is -0.508 e. The first-order valence-corrected chi connectivity index (χ1v) is 7.19. The molecule has 3 rings (SSSR count). The number of hydrogen-bond donors (Lipinski definition) is 1. The summed E-state index contributed by atoms with van der Waals surface area (Å²) in [5, 5.41) is 13.6. The van der Waals surface area contributed by atoms with Crippen molar-refractivity contribution in [2.75, 3.05) is 0 Å². The molecular formula is C17H19N3O2. The van der Waals surface area contributed by atoms with Crippen molar-refractivity contribution in [3.63, 3.8) is 0 Å². The second-order valence-corrected chi connectivity index (χ2v) is 5.41. The summed E-state index contributed by atoms with van der Waals surface area (Å²) in [4.78, 5) is 2.28. The molecule has 0 saturated carbocycles. The molecule has 0 radical (unpaired) electrons. The lowest BCUT2D eigenvalue weighted by Gasteiger charge is -2.20. The van der Waals surface area contributed by atoms with Crippen molar-refractivity contribution in [3.05, 3.63) is 71.9 Å². The standard InChI is InChI=1S/C17H19N3O2/c1-19-10-15(9-18-19)12-20(13-17-3-2-8-22-17)11-14-4-6-16(21)7-5-14/h2-10,21H,11-13H2,1H3. The molecule has 0 aliphatic carbocycles. The molecule has 3 aromatic rings. The predicted molar refractivity (Wildman–Crippen MR) is 83.0 cm³/mol. The molecule has 0 aliphatic rings. The molecular weight excluding hydrogens is 278 g/mol. The van der Waals surface area contributed by atoms with Crippen LogP contribution in [0, 0.1) is 0 Å². The Morgan fingerprint density at radius 3 is 2.50 bits per heavy atom. The number of benzene rings is 1. The number of hydrogen-bond acceptors (Lipinski definition) is 4. The van der Waals surface area contributed by atoms with Crippen LogP contribution in [0.1, 0.15) is 16.9 Å². The van der Waals surface area contributed by atoms with Crippen LogP contribution in [0.3, 0.4) is 0 Å². The Balaban J connectivity index is 1.74. The van der Waals surface area contributed by atoms with Crippen molar-refractivity contribution >= 4 is 0 Å². The lowest BCUT2D eigenvalue weighted by molar-refractivity contribution is 0.227. The second-order valence-electron chi connectivity index (χ2n) is 5.41. The van der Waals surface area contributed by atoms with Gasteiger partial charge in [-0.05, 0) is 29.8 Å². The number of rotatable bonds is 6. The molecule has 22 heavy (non-hydrogen) atoms. The van der Waals surface area contributed by atoms with Gasteiger partial charge in [0, 0.05) is 31.9 Å². The first kappa shape index (κ1) is 14.4. The SMILES string of the molecule is Cn1cc(CN(Cc2ccc(O)cc2)Cc2ccco2)cn1. The molecule has 0 unspecified atom stereocenters. The first-order valence-electron chi connectivity index (χ1n) is 7.19. The summed E-state index contributed by atoms with van der Waals surface area (Å²) < 4.78 is 7.27. The van der Waals surface area contributed by atoms with Crippen LogP contribution in [0.5, 0.6) is 5.75 Å². The highest BCUT2D eigenvalue weighted by Crippen LogP contribution is 2.16. The summed E-state index contributed by atoms with van der Waals surface area (Å²) in [6, 6.07) is 11.2. The van der Waals surface area contributed by atoms with Crippen LogP contribution >= 0.6 is 0 Å². The maximum Gasteiger partial charge on any atom is 0.117 e. The number of aryl methyl sites for hydroxylation is 1. The molecule has 0 atom stereocenters. The highest BCUT2D eigenvalue weighted by Gasteiger charge is 2.11. The quantitative estimate of drug-likeness (QED) is 0.760. The highest BCUT2D eigenvalue weighted by atomic mass is 16.3. The van der Waals surface area contributed by atoms with E-state index in [1.165, 1.54) is 0 Å². The lowest BCUT2D eigenvalue weighted by atomic mass is 10.2. The van der Waals surface area contributed by atoms with E-state index in [1.54, 1.807) is 23.1 Å². The molecule has 0 amide bonds. The van der Waals surface area contributed by atoms with Crippen LogP contribution in [-0.2, 0) is 26.7 Å². The fourth-order valence-electron chi connectivity index (χ4n) is 2.46. The molecule has 2 aromatic heterocycles. The predicted octanol–water partition coefficient (Wildman–Crippen LogP) is 2.92. The van der Waals surface area contributed by atoms with Gasteiger partial charge in [0.2, 0.25) is 0 Å². The summed E-state index contributed by atoms with van der Waals surface area (Å²) in [5.74, 6) is 1.22. The van der Waals surface area contributed by atoms with Crippen molar-refractivity contribution in [3.8, 4) is 5.75 Å². The minimum absolute atomic E-state index is 0.286. The van der Waals surface area contributed by atoms with E-state index in [0.717, 1.165) is 36.5 Å². The smallest absolute Gasteiger partial charge is 0.117 e. The van der Waals surface area contributed by atoms with Gasteiger partial charge in [-0.2, -0.15) is 5.10 Å². The fraction of sp³-hybridized carbons (Fsp3) is 0.235. The second kappa shape index (κ2) is 6.49. The Morgan fingerprint density at radius 1 is 1.09 bits per heavy atom. The minimum atomic E-state index is 0.286. The third-order valence-corrected chi connectivity index (χ3v) is 3.47. The molecule has 1 aromatic carbocycles. The molecule has 0 bridgehead atoms. The molecule has 114 valence electrons. The number of phenols is 1. The maximum atomic E-state index is 9.40. The third kappa shape index (κ3) is 3.77. The van der Waals surface area contributed by atoms with Crippen LogP contribution in [0.4, 0.5) is 0 Å². The molecule has 0 saturated heterocycles. The van der Waals surface area contributed by atoms with Crippen LogP contribution in [0.15, 0.2) is 59.5 Å². The topological polar surface area (TPSA) is 54.4 Å². The van der Waals surface area contributed by atoms with Gasteiger partial charge >= 0.3 is 0 Å². The monoisotopic (exact) mass is 297 g/mol. The van der Waals surface area contributed by atoms with E-state index in [4.69, 9.17) is 4.42 Å². The van der Waals surface area contributed by atoms with E-state index in [-0.39, 0.29) is 5.75 Å². The molecule has 1 N–H and O–H groups in total. The Morgan fingerprint density at radius 2 is 1.86 bits per heavy atom. The number of furan rings is 1. The third-order valence-electron chi connectivity index (χ3n) is 3.47. The first-order chi connectivity index (χ1) is 10.7. The lowest BCUT2D eigenvalue weighted by Crippen LogP contribution is -2.22. The molecule has 5 heteroatoms. The summed E-state index contributed by atoms with van der Waals surface area (Å²) >= 11 is 0. The fourth-order valence-corrected chi connectivity index (χ4v) is 2.46. The zero-order chi connectivity index (χ0) is 15.4. The number of aromatic nitrogens is 2. The van der Waals surface area contributed by atoms with Crippen LogP contribution in [0.25, 0.3) is 0 Å². The Bertz CT molecular complexity index is 702. The number of phenolic OH excluding ortho intramolecular Hbond substituents is 1. The molecule has 5 nitrogen and oxygen atoms in total. The van der Waals surface area contributed by atoms with Gasteiger partial charge in [-0.3, -0.25) is 9.58 Å². The van der Waals surface area contributed by atoms with Gasteiger partial charge in [-0.1, -0.05) is 12.1 Å². The van der Waals surface area contributed by atoms with Crippen LogP contribution in [0.2, 0.25) is 0 Å². The molecule has 0 spiro atoms. The van der Waals surface area contributed by atoms with Gasteiger partial charge in [0.05, 0.1) is 19.0 Å². The average molecular weight is 297 g/mol. The van der Waals surface area contributed by atoms with E-state index < -0.39 is 0 Å². The summed E-state index contributed by atoms with van der Waals surface area (Å²) in [6.07, 6.45) is 5.59. The Labute approximate surface area is 129 Å². The zero-order valence-electron chi connectivity index (χ0n) is 12.5. The van der Waals surface area contributed by atoms with E-state index in [0.29, 0.717) is 0 Å². The van der Waals surface area contributed by atoms with Gasteiger partial charge < -0.3 is 9.52 Å². The summed E-state index contributed by atoms with van der Waals surface area (Å²) in [5.41, 5.74) is 2.31. The van der Waals surface area contributed by atoms with Gasteiger partial charge in [0.1, 0.15) is 11.5 Å². The zero-order valence-corrected chi connectivity index (χ0v) is 12.5. The largest absolute Gasteiger partial charge is 0.508 e. The van der Waals surface area contributed by atoms with Crippen molar-refractivity contribution in [2.24, 2.45) is 7.05 Å². The Hall–Kier alpha value is -2.53. The van der Waals surface area contributed by atoms with Gasteiger partial charge in [0.25, 0.3) is 0 Å². The number of nitrogens with zero attached hydrogens (tertiary/aromatic N) is 3. The van der Waals surface area contributed by atoms with Gasteiger partial charge in [-0.25, -0.2) is 0 Å². The summed E-state index contributed by atoms with van der Waals surface area (Å²) in [6.45, 7) is 2.29. The van der Waals surface area contributed by atoms with E-state index >= 15 is 0 Å². The van der Waals surface area contributed by atoms with Crippen molar-refractivity contribution < 1.29 is 9.52 Å². The van der Waals surface area contributed by atoms with Crippen LogP contribution in [-0.4, -0.2) is 19.8 Å². The number of aromatic hydroxyl groups is 1. The van der Waals surface area contributed by atoms with Crippen LogP contribution < -0.4 is 0 Å². The average Bonchev–Trinajstić information content (AvgIpc) is 3.13. The molecule has 0 aliphatic heterocycles. The highest BCUT2D eigenvalue weighted by molar-refractivity contribution is 5.26. The van der Waals surface area contributed by atoms with E-state index in [9.17, 15) is 5.11 Å². The maximum absolute atomic E-state index is 9.40. The van der Waals surface area contributed by atoms with Crippen molar-refractivity contribution in [2.45, 2.75) is 19.6 Å².